The summed E-state index contributed by atoms with van der Waals surface area (Å²) in [6, 6.07) is 6.06. The predicted octanol–water partition coefficient (Wildman–Crippen LogP) is 7.38. The molecule has 0 aliphatic rings. The summed E-state index contributed by atoms with van der Waals surface area (Å²) in [5, 5.41) is 6.65. The summed E-state index contributed by atoms with van der Waals surface area (Å²) in [4.78, 5) is 4.27. The molecule has 1 N–H and O–H groups in total. The number of nitrogens with zero attached hydrogens (tertiary/aromatic N) is 1. The van der Waals surface area contributed by atoms with Gasteiger partial charge in [-0.15, -0.1) is 0 Å². The van der Waals surface area contributed by atoms with E-state index >= 15 is 0 Å². The third-order valence-electron chi connectivity index (χ3n) is 6.14. The van der Waals surface area contributed by atoms with Gasteiger partial charge in [-0.3, -0.25) is 0 Å². The first-order valence-corrected chi connectivity index (χ1v) is 20.4. The van der Waals surface area contributed by atoms with Crippen LogP contribution >= 0.6 is 11.6 Å². The van der Waals surface area contributed by atoms with Crippen LogP contribution in [0.5, 0.6) is 0 Å². The Morgan fingerprint density at radius 2 is 1.67 bits per heavy atom. The summed E-state index contributed by atoms with van der Waals surface area (Å²) in [6.45, 7) is 9.47. The SMILES string of the molecule is CCC[CH2][Sn]([CH2]CCC)([CH2]CCC)[CH2]OCCNCc1cc(Cl)cc2ccncc12. The van der Waals surface area contributed by atoms with E-state index in [4.69, 9.17) is 16.3 Å². The summed E-state index contributed by atoms with van der Waals surface area (Å²) in [5.41, 5.74) is 1.20. The molecule has 0 unspecified atom stereocenters. The standard InChI is InChI=1S/C13H14ClN2O.3C4H9.Sn/c1-17-5-4-16-8-11-7-12(14)6-10-2-3-15-9-13(10)11;3*1-3-4-2;/h2-3,6-7,9,16H,1,4-5,8H2;3*1,3-4H2,2H3;. The quantitative estimate of drug-likeness (QED) is 0.178. The van der Waals surface area contributed by atoms with Crippen LogP contribution < -0.4 is 5.32 Å². The fraction of sp³-hybridized carbons (Fsp3) is 0.640. The van der Waals surface area contributed by atoms with E-state index in [-0.39, 0.29) is 0 Å². The number of benzene rings is 1. The summed E-state index contributed by atoms with van der Waals surface area (Å²) < 4.78 is 12.0. The molecule has 0 fully saturated rings. The summed E-state index contributed by atoms with van der Waals surface area (Å²) in [6.07, 6.45) is 11.9. The number of unbranched alkanes of at least 4 members (excludes halogenated alkanes) is 3. The van der Waals surface area contributed by atoms with E-state index in [0.717, 1.165) is 34.7 Å². The second-order valence-electron chi connectivity index (χ2n) is 8.70. The summed E-state index contributed by atoms with van der Waals surface area (Å²) in [7, 11) is 0. The molecular formula is C25H41ClN2OSn. The van der Waals surface area contributed by atoms with Crippen molar-refractivity contribution in [2.45, 2.75) is 79.2 Å². The van der Waals surface area contributed by atoms with Crippen LogP contribution in [0.15, 0.2) is 30.6 Å². The molecule has 0 amide bonds. The van der Waals surface area contributed by atoms with Crippen LogP contribution in [0.3, 0.4) is 0 Å². The molecule has 0 radical (unpaired) electrons. The van der Waals surface area contributed by atoms with Crippen molar-refractivity contribution in [3.8, 4) is 0 Å². The molecule has 3 nitrogen and oxygen atoms in total. The van der Waals surface area contributed by atoms with Gasteiger partial charge in [0.1, 0.15) is 0 Å². The van der Waals surface area contributed by atoms with Crippen molar-refractivity contribution in [3.05, 3.63) is 41.2 Å². The van der Waals surface area contributed by atoms with Gasteiger partial charge in [-0.05, 0) is 0 Å². The van der Waals surface area contributed by atoms with E-state index in [0.29, 0.717) is 0 Å². The molecule has 0 spiro atoms. The first kappa shape index (κ1) is 25.9. The van der Waals surface area contributed by atoms with Gasteiger partial charge in [0.2, 0.25) is 0 Å². The van der Waals surface area contributed by atoms with Crippen LogP contribution in [0.2, 0.25) is 18.3 Å². The molecule has 0 aliphatic carbocycles. The van der Waals surface area contributed by atoms with E-state index in [9.17, 15) is 0 Å². The minimum atomic E-state index is -2.16. The monoisotopic (exact) mass is 540 g/mol. The van der Waals surface area contributed by atoms with Crippen molar-refractivity contribution < 1.29 is 4.74 Å². The van der Waals surface area contributed by atoms with Crippen molar-refractivity contribution in [2.24, 2.45) is 0 Å². The van der Waals surface area contributed by atoms with Crippen molar-refractivity contribution in [1.29, 1.82) is 0 Å². The fourth-order valence-corrected chi connectivity index (χ4v) is 19.0. The first-order valence-electron chi connectivity index (χ1n) is 11.9. The Morgan fingerprint density at radius 1 is 1.00 bits per heavy atom. The molecule has 0 saturated carbocycles. The number of hydrogen-bond donors (Lipinski definition) is 1. The molecule has 1 aromatic heterocycles. The number of nitrogens with one attached hydrogen (secondary N) is 1. The van der Waals surface area contributed by atoms with Gasteiger partial charge in [0.15, 0.2) is 0 Å². The molecule has 0 atom stereocenters. The van der Waals surface area contributed by atoms with Gasteiger partial charge in [-0.25, -0.2) is 0 Å². The van der Waals surface area contributed by atoms with Gasteiger partial charge < -0.3 is 0 Å². The molecule has 0 aliphatic heterocycles. The number of fused-ring (bicyclic) bond motifs is 1. The van der Waals surface area contributed by atoms with Crippen LogP contribution in [0, 0.1) is 0 Å². The molecule has 0 bridgehead atoms. The van der Waals surface area contributed by atoms with Gasteiger partial charge in [-0.1, -0.05) is 0 Å². The maximum absolute atomic E-state index is 6.33. The molecular weight excluding hydrogens is 498 g/mol. The molecule has 1 aromatic carbocycles. The third-order valence-corrected chi connectivity index (χ3v) is 20.8. The Morgan fingerprint density at radius 3 is 2.30 bits per heavy atom. The summed E-state index contributed by atoms with van der Waals surface area (Å²) >= 11 is 4.14. The Balaban J connectivity index is 1.84. The zero-order valence-corrected chi connectivity index (χ0v) is 22.9. The molecule has 0 saturated heterocycles. The zero-order valence-electron chi connectivity index (χ0n) is 19.3. The Bertz CT molecular complexity index is 718. The first-order chi connectivity index (χ1) is 14.6. The Labute approximate surface area is 193 Å². The second kappa shape index (κ2) is 14.7. The van der Waals surface area contributed by atoms with Crippen LogP contribution in [-0.2, 0) is 11.3 Å². The van der Waals surface area contributed by atoms with Crippen LogP contribution in [0.25, 0.3) is 10.8 Å². The molecule has 1 heterocycles. The van der Waals surface area contributed by atoms with Gasteiger partial charge in [0.05, 0.1) is 0 Å². The number of hydrogen-bond acceptors (Lipinski definition) is 3. The number of rotatable bonds is 16. The number of ether oxygens (including phenoxy) is 1. The van der Waals surface area contributed by atoms with Crippen molar-refractivity contribution in [3.63, 3.8) is 0 Å². The third kappa shape index (κ3) is 8.64. The molecule has 2 rings (SSSR count). The van der Waals surface area contributed by atoms with Crippen molar-refractivity contribution in [1.82, 2.24) is 10.3 Å². The predicted molar refractivity (Wildman–Crippen MR) is 134 cm³/mol. The number of halogens is 1. The van der Waals surface area contributed by atoms with E-state index in [2.05, 4.69) is 31.1 Å². The Hall–Kier alpha value is -0.361. The maximum atomic E-state index is 6.33. The van der Waals surface area contributed by atoms with E-state index in [1.54, 1.807) is 0 Å². The van der Waals surface area contributed by atoms with E-state index < -0.39 is 18.4 Å². The number of pyridine rings is 1. The molecule has 168 valence electrons. The van der Waals surface area contributed by atoms with Crippen molar-refractivity contribution >= 4 is 40.8 Å². The minimum absolute atomic E-state index is 0.781. The van der Waals surface area contributed by atoms with Crippen LogP contribution in [-0.4, -0.2) is 41.1 Å². The van der Waals surface area contributed by atoms with Gasteiger partial charge >= 0.3 is 194 Å². The van der Waals surface area contributed by atoms with Crippen LogP contribution in [0.1, 0.15) is 64.9 Å². The van der Waals surface area contributed by atoms with Gasteiger partial charge in [-0.2, -0.15) is 0 Å². The normalized spacial score (nSPS) is 12.0. The van der Waals surface area contributed by atoms with Gasteiger partial charge in [0, 0.05) is 0 Å². The second-order valence-corrected chi connectivity index (χ2v) is 22.8. The zero-order chi connectivity index (χ0) is 21.7. The molecule has 5 heteroatoms. The van der Waals surface area contributed by atoms with E-state index in [1.807, 2.05) is 30.6 Å². The molecule has 30 heavy (non-hydrogen) atoms. The average molecular weight is 540 g/mol. The summed E-state index contributed by atoms with van der Waals surface area (Å²) in [5.74, 6) is 0. The topological polar surface area (TPSA) is 34.1 Å². The fourth-order valence-electron chi connectivity index (χ4n) is 4.28. The number of aromatic nitrogens is 1. The van der Waals surface area contributed by atoms with E-state index in [1.165, 1.54) is 62.8 Å². The Kier molecular flexibility index (Phi) is 12.6. The molecule has 2 aromatic rings. The van der Waals surface area contributed by atoms with Crippen molar-refractivity contribution in [2.75, 3.05) is 17.8 Å². The average Bonchev–Trinajstić information content (AvgIpc) is 2.76. The van der Waals surface area contributed by atoms with Crippen LogP contribution in [0.4, 0.5) is 0 Å². The van der Waals surface area contributed by atoms with Gasteiger partial charge in [0.25, 0.3) is 0 Å².